The average molecular weight is 274 g/mol. The van der Waals surface area contributed by atoms with Crippen LogP contribution < -0.4 is 5.32 Å². The quantitative estimate of drug-likeness (QED) is 0.862. The van der Waals surface area contributed by atoms with Crippen molar-refractivity contribution in [3.05, 3.63) is 35.4 Å². The van der Waals surface area contributed by atoms with Gasteiger partial charge in [0.25, 0.3) is 0 Å². The van der Waals surface area contributed by atoms with E-state index in [9.17, 15) is 5.11 Å². The van der Waals surface area contributed by atoms with Crippen LogP contribution in [0.1, 0.15) is 36.9 Å². The molecule has 1 fully saturated rings. The van der Waals surface area contributed by atoms with Crippen molar-refractivity contribution in [2.75, 3.05) is 26.4 Å². The summed E-state index contributed by atoms with van der Waals surface area (Å²) in [6.45, 7) is 4.55. The molecule has 1 aliphatic heterocycles. The lowest BCUT2D eigenvalue weighted by Gasteiger charge is -2.36. The largest absolute Gasteiger partial charge is 0.396 e. The molecular weight excluding hydrogens is 252 g/mol. The summed E-state index contributed by atoms with van der Waals surface area (Å²) >= 11 is 0. The molecule has 1 aromatic rings. The van der Waals surface area contributed by atoms with Crippen molar-refractivity contribution in [3.8, 4) is 6.07 Å². The Labute approximate surface area is 120 Å². The van der Waals surface area contributed by atoms with Gasteiger partial charge in [0.05, 0.1) is 18.2 Å². The minimum Gasteiger partial charge on any atom is -0.396 e. The minimum atomic E-state index is -0.0564. The van der Waals surface area contributed by atoms with E-state index < -0.39 is 0 Å². The molecule has 1 heterocycles. The first-order chi connectivity index (χ1) is 9.69. The van der Waals surface area contributed by atoms with Gasteiger partial charge in [0.1, 0.15) is 0 Å². The Bertz CT molecular complexity index is 458. The number of hydrogen-bond donors (Lipinski definition) is 2. The highest BCUT2D eigenvalue weighted by atomic mass is 16.5. The topological polar surface area (TPSA) is 65.3 Å². The third-order valence-electron chi connectivity index (χ3n) is 4.21. The lowest BCUT2D eigenvalue weighted by molar-refractivity contribution is -0.0163. The van der Waals surface area contributed by atoms with E-state index >= 15 is 0 Å². The van der Waals surface area contributed by atoms with Crippen LogP contribution in [-0.2, 0) is 4.74 Å². The molecule has 4 heteroatoms. The fraction of sp³-hybridized carbons (Fsp3) is 0.562. The van der Waals surface area contributed by atoms with Gasteiger partial charge in [0, 0.05) is 31.2 Å². The van der Waals surface area contributed by atoms with Crippen LogP contribution in [0.3, 0.4) is 0 Å². The van der Waals surface area contributed by atoms with Crippen LogP contribution in [0, 0.1) is 16.7 Å². The number of rotatable bonds is 5. The summed E-state index contributed by atoms with van der Waals surface area (Å²) in [4.78, 5) is 0. The fourth-order valence-corrected chi connectivity index (χ4v) is 2.53. The molecule has 0 aliphatic carbocycles. The first-order valence-corrected chi connectivity index (χ1v) is 7.11. The summed E-state index contributed by atoms with van der Waals surface area (Å²) in [6.07, 6.45) is 1.80. The lowest BCUT2D eigenvalue weighted by atomic mass is 9.80. The maximum Gasteiger partial charge on any atom is 0.0991 e. The molecule has 0 saturated carbocycles. The third kappa shape index (κ3) is 3.57. The standard InChI is InChI=1S/C16H22N2O2/c1-13(15-4-2-14(10-17)3-5-15)18-11-16(12-19)6-8-20-9-7-16/h2-5,13,18-19H,6-9,11-12H2,1H3/t13-/m1/s1. The number of hydrogen-bond acceptors (Lipinski definition) is 4. The first-order valence-electron chi connectivity index (χ1n) is 7.11. The molecule has 0 bridgehead atoms. The molecule has 0 radical (unpaired) electrons. The molecule has 1 saturated heterocycles. The molecular formula is C16H22N2O2. The molecule has 1 aromatic carbocycles. The second kappa shape index (κ2) is 6.85. The van der Waals surface area contributed by atoms with Gasteiger partial charge in [-0.2, -0.15) is 5.26 Å². The Morgan fingerprint density at radius 1 is 1.35 bits per heavy atom. The van der Waals surface area contributed by atoms with E-state index in [1.165, 1.54) is 0 Å². The van der Waals surface area contributed by atoms with E-state index in [1.807, 2.05) is 24.3 Å². The minimum absolute atomic E-state index is 0.0564. The zero-order valence-electron chi connectivity index (χ0n) is 11.9. The van der Waals surface area contributed by atoms with Crippen molar-refractivity contribution in [1.82, 2.24) is 5.32 Å². The van der Waals surface area contributed by atoms with E-state index in [0.29, 0.717) is 5.56 Å². The fourth-order valence-electron chi connectivity index (χ4n) is 2.53. The van der Waals surface area contributed by atoms with Crippen molar-refractivity contribution in [2.45, 2.75) is 25.8 Å². The molecule has 0 amide bonds. The van der Waals surface area contributed by atoms with Crippen LogP contribution >= 0.6 is 0 Å². The summed E-state index contributed by atoms with van der Waals surface area (Å²) in [5.41, 5.74) is 1.78. The Morgan fingerprint density at radius 2 is 2.00 bits per heavy atom. The molecule has 2 rings (SSSR count). The number of benzene rings is 1. The Kier molecular flexibility index (Phi) is 5.13. The van der Waals surface area contributed by atoms with E-state index in [0.717, 1.165) is 38.2 Å². The lowest BCUT2D eigenvalue weighted by Crippen LogP contribution is -2.42. The highest BCUT2D eigenvalue weighted by molar-refractivity contribution is 5.32. The molecule has 0 aromatic heterocycles. The van der Waals surface area contributed by atoms with Gasteiger partial charge in [-0.15, -0.1) is 0 Å². The second-order valence-corrected chi connectivity index (χ2v) is 5.61. The number of aliphatic hydroxyl groups excluding tert-OH is 1. The van der Waals surface area contributed by atoms with Gasteiger partial charge in [-0.1, -0.05) is 12.1 Å². The number of nitriles is 1. The van der Waals surface area contributed by atoms with Crippen LogP contribution in [0.2, 0.25) is 0 Å². The van der Waals surface area contributed by atoms with E-state index in [-0.39, 0.29) is 18.1 Å². The SMILES string of the molecule is C[C@@H](NCC1(CO)CCOCC1)c1ccc(C#N)cc1. The summed E-state index contributed by atoms with van der Waals surface area (Å²) in [5.74, 6) is 0. The predicted molar refractivity (Wildman–Crippen MR) is 77.1 cm³/mol. The molecule has 1 aliphatic rings. The predicted octanol–water partition coefficient (Wildman–Crippen LogP) is 2.00. The summed E-state index contributed by atoms with van der Waals surface area (Å²) in [7, 11) is 0. The summed E-state index contributed by atoms with van der Waals surface area (Å²) < 4.78 is 5.37. The van der Waals surface area contributed by atoms with Gasteiger partial charge >= 0.3 is 0 Å². The Morgan fingerprint density at radius 3 is 2.55 bits per heavy atom. The Balaban J connectivity index is 1.93. The summed E-state index contributed by atoms with van der Waals surface area (Å²) in [6, 6.07) is 9.96. The number of ether oxygens (including phenoxy) is 1. The van der Waals surface area contributed by atoms with Crippen molar-refractivity contribution in [2.24, 2.45) is 5.41 Å². The second-order valence-electron chi connectivity index (χ2n) is 5.61. The highest BCUT2D eigenvalue weighted by Gasteiger charge is 2.32. The zero-order valence-corrected chi connectivity index (χ0v) is 11.9. The highest BCUT2D eigenvalue weighted by Crippen LogP contribution is 2.30. The van der Waals surface area contributed by atoms with E-state index in [1.54, 1.807) is 0 Å². The zero-order chi connectivity index (χ0) is 14.4. The van der Waals surface area contributed by atoms with Crippen molar-refractivity contribution < 1.29 is 9.84 Å². The van der Waals surface area contributed by atoms with E-state index in [2.05, 4.69) is 18.3 Å². The van der Waals surface area contributed by atoms with Crippen molar-refractivity contribution in [3.63, 3.8) is 0 Å². The van der Waals surface area contributed by atoms with Gasteiger partial charge in [-0.25, -0.2) is 0 Å². The molecule has 108 valence electrons. The van der Waals surface area contributed by atoms with Gasteiger partial charge in [-0.05, 0) is 37.5 Å². The molecule has 0 spiro atoms. The van der Waals surface area contributed by atoms with Crippen molar-refractivity contribution >= 4 is 0 Å². The van der Waals surface area contributed by atoms with Crippen LogP contribution in [0.5, 0.6) is 0 Å². The number of nitrogens with zero attached hydrogens (tertiary/aromatic N) is 1. The number of nitrogens with one attached hydrogen (secondary N) is 1. The first kappa shape index (κ1) is 15.0. The van der Waals surface area contributed by atoms with Gasteiger partial charge in [0.2, 0.25) is 0 Å². The normalized spacial score (nSPS) is 19.2. The maximum atomic E-state index is 9.66. The van der Waals surface area contributed by atoms with Crippen LogP contribution in [0.25, 0.3) is 0 Å². The van der Waals surface area contributed by atoms with Crippen molar-refractivity contribution in [1.29, 1.82) is 5.26 Å². The molecule has 1 atom stereocenters. The summed E-state index contributed by atoms with van der Waals surface area (Å²) in [5, 5.41) is 22.0. The van der Waals surface area contributed by atoms with Crippen LogP contribution in [0.15, 0.2) is 24.3 Å². The average Bonchev–Trinajstić information content (AvgIpc) is 2.53. The molecule has 20 heavy (non-hydrogen) atoms. The third-order valence-corrected chi connectivity index (χ3v) is 4.21. The molecule has 0 unspecified atom stereocenters. The monoisotopic (exact) mass is 274 g/mol. The Hall–Kier alpha value is -1.41. The van der Waals surface area contributed by atoms with Gasteiger partial charge in [0.15, 0.2) is 0 Å². The van der Waals surface area contributed by atoms with Crippen LogP contribution in [-0.4, -0.2) is 31.5 Å². The van der Waals surface area contributed by atoms with E-state index in [4.69, 9.17) is 10.00 Å². The maximum absolute atomic E-state index is 9.66. The van der Waals surface area contributed by atoms with Gasteiger partial charge in [-0.3, -0.25) is 0 Å². The molecule has 4 nitrogen and oxygen atoms in total. The molecule has 2 N–H and O–H groups in total. The van der Waals surface area contributed by atoms with Crippen LogP contribution in [0.4, 0.5) is 0 Å². The van der Waals surface area contributed by atoms with Gasteiger partial charge < -0.3 is 15.2 Å². The number of aliphatic hydroxyl groups is 1. The smallest absolute Gasteiger partial charge is 0.0991 e.